The summed E-state index contributed by atoms with van der Waals surface area (Å²) in [5, 5.41) is 8.99. The van der Waals surface area contributed by atoms with Crippen molar-refractivity contribution in [2.75, 3.05) is 0 Å². The largest absolute Gasteiger partial charge is 0.478 e. The van der Waals surface area contributed by atoms with E-state index in [9.17, 15) is 9.18 Å². The standard InChI is InChI=1S/C13H10ClFO2/c14-10-2-1-3-11(15)13(10)9-5-4-8(6-9)7-12(16)17/h1-3,6-7H,4-5H2,(H,16,17)/b8-7+. The van der Waals surface area contributed by atoms with E-state index in [0.717, 1.165) is 11.6 Å². The van der Waals surface area contributed by atoms with Gasteiger partial charge >= 0.3 is 5.97 Å². The number of allylic oxidation sites excluding steroid dienone is 3. The summed E-state index contributed by atoms with van der Waals surface area (Å²) in [5.41, 5.74) is 1.82. The number of carbonyl (C=O) groups is 1. The normalized spacial score (nSPS) is 17.3. The van der Waals surface area contributed by atoms with Crippen LogP contribution in [0.1, 0.15) is 18.4 Å². The zero-order valence-corrected chi connectivity index (χ0v) is 9.67. The lowest BCUT2D eigenvalue weighted by molar-refractivity contribution is -0.131. The Kier molecular flexibility index (Phi) is 3.29. The van der Waals surface area contributed by atoms with E-state index in [-0.39, 0.29) is 5.82 Å². The van der Waals surface area contributed by atoms with E-state index in [0.29, 0.717) is 29.0 Å². The van der Waals surface area contributed by atoms with Gasteiger partial charge in [0, 0.05) is 11.6 Å². The zero-order valence-electron chi connectivity index (χ0n) is 8.91. The minimum atomic E-state index is -0.989. The molecule has 0 bridgehead atoms. The smallest absolute Gasteiger partial charge is 0.328 e. The summed E-state index contributed by atoms with van der Waals surface area (Å²) in [5.74, 6) is -1.36. The highest BCUT2D eigenvalue weighted by Gasteiger charge is 2.17. The summed E-state index contributed by atoms with van der Waals surface area (Å²) in [6, 6.07) is 4.52. The number of hydrogen-bond acceptors (Lipinski definition) is 1. The van der Waals surface area contributed by atoms with E-state index in [1.165, 1.54) is 6.07 Å². The molecular formula is C13H10ClFO2. The van der Waals surface area contributed by atoms with Gasteiger partial charge in [-0.1, -0.05) is 23.7 Å². The monoisotopic (exact) mass is 252 g/mol. The Balaban J connectivity index is 2.40. The summed E-state index contributed by atoms with van der Waals surface area (Å²) in [6.07, 6.45) is 4.05. The molecule has 0 spiro atoms. The summed E-state index contributed by atoms with van der Waals surface area (Å²) < 4.78 is 13.6. The van der Waals surface area contributed by atoms with Gasteiger partial charge in [-0.2, -0.15) is 0 Å². The van der Waals surface area contributed by atoms with Crippen LogP contribution < -0.4 is 0 Å². The SMILES string of the molecule is O=C(O)/C=C1/C=C(c2c(F)cccc2Cl)CC1. The first-order chi connectivity index (χ1) is 8.08. The lowest BCUT2D eigenvalue weighted by Gasteiger charge is -2.05. The molecule has 0 unspecified atom stereocenters. The van der Waals surface area contributed by atoms with Crippen LogP contribution in [0, 0.1) is 5.82 Å². The molecule has 1 aromatic carbocycles. The number of aliphatic carboxylic acids is 1. The highest BCUT2D eigenvalue weighted by molar-refractivity contribution is 6.32. The number of rotatable bonds is 2. The third-order valence-corrected chi connectivity index (χ3v) is 2.95. The van der Waals surface area contributed by atoms with Gasteiger partial charge in [0.1, 0.15) is 5.82 Å². The van der Waals surface area contributed by atoms with Gasteiger partial charge in [0.05, 0.1) is 5.02 Å². The second-order valence-corrected chi connectivity index (χ2v) is 4.23. The molecule has 2 nitrogen and oxygen atoms in total. The number of halogens is 2. The molecule has 0 heterocycles. The van der Waals surface area contributed by atoms with Crippen molar-refractivity contribution in [2.24, 2.45) is 0 Å². The van der Waals surface area contributed by atoms with Crippen molar-refractivity contribution >= 4 is 23.1 Å². The molecule has 4 heteroatoms. The Bertz CT molecular complexity index is 512. The van der Waals surface area contributed by atoms with Crippen LogP contribution in [0.15, 0.2) is 35.9 Å². The van der Waals surface area contributed by atoms with Gasteiger partial charge in [0.25, 0.3) is 0 Å². The van der Waals surface area contributed by atoms with E-state index >= 15 is 0 Å². The maximum Gasteiger partial charge on any atom is 0.328 e. The molecule has 17 heavy (non-hydrogen) atoms. The average molecular weight is 253 g/mol. The summed E-state index contributed by atoms with van der Waals surface area (Å²) in [6.45, 7) is 0. The first kappa shape index (κ1) is 11.9. The van der Waals surface area contributed by atoms with Gasteiger partial charge in [-0.25, -0.2) is 9.18 Å². The third-order valence-electron chi connectivity index (χ3n) is 2.64. The van der Waals surface area contributed by atoms with Gasteiger partial charge in [-0.05, 0) is 36.1 Å². The molecule has 0 atom stereocenters. The van der Waals surface area contributed by atoms with Crippen molar-refractivity contribution in [1.82, 2.24) is 0 Å². The van der Waals surface area contributed by atoms with Crippen LogP contribution in [-0.2, 0) is 4.79 Å². The van der Waals surface area contributed by atoms with Crippen LogP contribution in [0.4, 0.5) is 4.39 Å². The molecule has 1 N–H and O–H groups in total. The predicted octanol–water partition coefficient (Wildman–Crippen LogP) is 3.67. The average Bonchev–Trinajstić information content (AvgIpc) is 2.65. The van der Waals surface area contributed by atoms with Crippen molar-refractivity contribution in [2.45, 2.75) is 12.8 Å². The molecule has 88 valence electrons. The van der Waals surface area contributed by atoms with Crippen molar-refractivity contribution in [3.05, 3.63) is 52.3 Å². The fourth-order valence-corrected chi connectivity index (χ4v) is 2.21. The lowest BCUT2D eigenvalue weighted by atomic mass is 10.1. The van der Waals surface area contributed by atoms with E-state index < -0.39 is 5.97 Å². The molecule has 0 fully saturated rings. The van der Waals surface area contributed by atoms with Crippen molar-refractivity contribution < 1.29 is 14.3 Å². The fraction of sp³-hybridized carbons (Fsp3) is 0.154. The molecule has 2 rings (SSSR count). The van der Waals surface area contributed by atoms with E-state index in [1.54, 1.807) is 18.2 Å². The summed E-state index contributed by atoms with van der Waals surface area (Å²) in [7, 11) is 0. The van der Waals surface area contributed by atoms with Crippen LogP contribution in [0.25, 0.3) is 5.57 Å². The Morgan fingerprint density at radius 3 is 2.82 bits per heavy atom. The van der Waals surface area contributed by atoms with E-state index in [4.69, 9.17) is 16.7 Å². The van der Waals surface area contributed by atoms with Crippen LogP contribution in [-0.4, -0.2) is 11.1 Å². The number of carboxylic acid groups (broad SMARTS) is 1. The lowest BCUT2D eigenvalue weighted by Crippen LogP contribution is -1.88. The molecule has 0 radical (unpaired) electrons. The minimum Gasteiger partial charge on any atom is -0.478 e. The fourth-order valence-electron chi connectivity index (χ4n) is 1.92. The topological polar surface area (TPSA) is 37.3 Å². The van der Waals surface area contributed by atoms with Crippen molar-refractivity contribution in [3.63, 3.8) is 0 Å². The van der Waals surface area contributed by atoms with Crippen molar-refractivity contribution in [1.29, 1.82) is 0 Å². The second kappa shape index (κ2) is 4.72. The van der Waals surface area contributed by atoms with Gasteiger partial charge in [0.2, 0.25) is 0 Å². The molecular weight excluding hydrogens is 243 g/mol. The summed E-state index contributed by atoms with van der Waals surface area (Å²) >= 11 is 5.95. The third kappa shape index (κ3) is 2.56. The molecule has 0 amide bonds. The maximum absolute atomic E-state index is 13.6. The van der Waals surface area contributed by atoms with Gasteiger partial charge < -0.3 is 5.11 Å². The highest BCUT2D eigenvalue weighted by Crippen LogP contribution is 2.36. The Hall–Kier alpha value is -1.61. The molecule has 1 aliphatic carbocycles. The van der Waals surface area contributed by atoms with Crippen LogP contribution in [0.2, 0.25) is 5.02 Å². The first-order valence-electron chi connectivity index (χ1n) is 5.16. The number of benzene rings is 1. The van der Waals surface area contributed by atoms with Crippen molar-refractivity contribution in [3.8, 4) is 0 Å². The zero-order chi connectivity index (χ0) is 12.4. The highest BCUT2D eigenvalue weighted by atomic mass is 35.5. The van der Waals surface area contributed by atoms with Crippen LogP contribution >= 0.6 is 11.6 Å². The quantitative estimate of drug-likeness (QED) is 0.816. The van der Waals surface area contributed by atoms with Crippen LogP contribution in [0.5, 0.6) is 0 Å². The number of hydrogen-bond donors (Lipinski definition) is 1. The first-order valence-corrected chi connectivity index (χ1v) is 5.54. The molecule has 0 aromatic heterocycles. The van der Waals surface area contributed by atoms with Gasteiger partial charge in [-0.15, -0.1) is 0 Å². The molecule has 0 saturated heterocycles. The van der Waals surface area contributed by atoms with E-state index in [1.807, 2.05) is 0 Å². The molecule has 0 saturated carbocycles. The minimum absolute atomic E-state index is 0.354. The number of carboxylic acids is 1. The summed E-state index contributed by atoms with van der Waals surface area (Å²) in [4.78, 5) is 10.5. The van der Waals surface area contributed by atoms with Crippen LogP contribution in [0.3, 0.4) is 0 Å². The maximum atomic E-state index is 13.6. The Labute approximate surface area is 103 Å². The molecule has 0 aliphatic heterocycles. The van der Waals surface area contributed by atoms with Gasteiger partial charge in [-0.3, -0.25) is 0 Å². The molecule has 1 aliphatic rings. The Morgan fingerprint density at radius 2 is 2.18 bits per heavy atom. The van der Waals surface area contributed by atoms with Gasteiger partial charge in [0.15, 0.2) is 0 Å². The van der Waals surface area contributed by atoms with E-state index in [2.05, 4.69) is 0 Å². The second-order valence-electron chi connectivity index (χ2n) is 3.82. The Morgan fingerprint density at radius 1 is 1.41 bits per heavy atom. The predicted molar refractivity (Wildman–Crippen MR) is 64.3 cm³/mol. The molecule has 1 aromatic rings.